The van der Waals surface area contributed by atoms with Crippen molar-refractivity contribution < 1.29 is 29.3 Å². The Morgan fingerprint density at radius 1 is 0.667 bits per heavy atom. The second kappa shape index (κ2) is 19.9. The number of carboxylic acid groups (broad SMARTS) is 2. The van der Waals surface area contributed by atoms with Gasteiger partial charge in [-0.2, -0.15) is 0 Å². The van der Waals surface area contributed by atoms with Crippen molar-refractivity contribution in [2.45, 2.75) is 51.4 Å². The van der Waals surface area contributed by atoms with Gasteiger partial charge in [0.25, 0.3) is 0 Å². The minimum absolute atomic E-state index is 0.0322. The molecule has 0 saturated carbocycles. The molecule has 0 heterocycles. The maximum absolute atomic E-state index is 11.5. The smallest absolute Gasteiger partial charge is 0.332 e. The number of ether oxygens (including phenoxy) is 2. The van der Waals surface area contributed by atoms with Crippen molar-refractivity contribution in [3.63, 3.8) is 0 Å². The number of hydrogen-bond donors (Lipinski definition) is 2. The minimum atomic E-state index is -1.24. The summed E-state index contributed by atoms with van der Waals surface area (Å²) < 4.78 is 10.8. The predicted octanol–water partition coefficient (Wildman–Crippen LogP) is 5.09. The Balaban J connectivity index is 4.39. The minimum Gasteiger partial charge on any atom is -0.478 e. The van der Waals surface area contributed by atoms with Crippen molar-refractivity contribution in [3.05, 3.63) is 60.8 Å². The SMILES string of the molecule is C=CCCCC=CCOCCC(C(=O)O)=C(CCOCC=CCCCC=C)C(=O)O. The molecule has 0 aliphatic carbocycles. The van der Waals surface area contributed by atoms with E-state index < -0.39 is 11.9 Å². The lowest BCUT2D eigenvalue weighted by Crippen LogP contribution is -2.15. The number of carbonyl (C=O) groups is 2. The zero-order chi connectivity index (χ0) is 22.5. The topological polar surface area (TPSA) is 93.1 Å². The quantitative estimate of drug-likeness (QED) is 0.162. The average molecular weight is 421 g/mol. The van der Waals surface area contributed by atoms with Crippen LogP contribution in [0.1, 0.15) is 51.4 Å². The van der Waals surface area contributed by atoms with Gasteiger partial charge in [0, 0.05) is 24.0 Å². The Kier molecular flexibility index (Phi) is 18.2. The van der Waals surface area contributed by atoms with E-state index in [4.69, 9.17) is 9.47 Å². The molecule has 0 radical (unpaired) electrons. The normalized spacial score (nSPS) is 12.3. The van der Waals surface area contributed by atoms with Gasteiger partial charge in [-0.1, -0.05) is 36.5 Å². The van der Waals surface area contributed by atoms with Crippen LogP contribution in [-0.2, 0) is 19.1 Å². The van der Waals surface area contributed by atoms with Crippen molar-refractivity contribution in [1.29, 1.82) is 0 Å². The molecule has 0 amide bonds. The monoisotopic (exact) mass is 420 g/mol. The van der Waals surface area contributed by atoms with Crippen LogP contribution in [0.15, 0.2) is 60.8 Å². The molecule has 6 heteroatoms. The summed E-state index contributed by atoms with van der Waals surface area (Å²) in [7, 11) is 0. The fourth-order valence-corrected chi connectivity index (χ4v) is 2.56. The van der Waals surface area contributed by atoms with E-state index in [1.165, 1.54) is 0 Å². The van der Waals surface area contributed by atoms with Gasteiger partial charge < -0.3 is 19.7 Å². The van der Waals surface area contributed by atoms with Crippen molar-refractivity contribution in [1.82, 2.24) is 0 Å². The molecule has 0 aromatic carbocycles. The van der Waals surface area contributed by atoms with Gasteiger partial charge in [0.05, 0.1) is 26.4 Å². The Morgan fingerprint density at radius 3 is 1.40 bits per heavy atom. The standard InChI is InChI=1S/C24H36O6/c1-3-5-7-9-11-13-17-29-19-15-21(23(25)26)22(24(27)28)16-20-30-18-14-12-10-8-6-4-2/h3-4,11-14H,1-2,5-10,15-20H2,(H,25,26)(H,27,28). The van der Waals surface area contributed by atoms with E-state index in [-0.39, 0.29) is 37.2 Å². The molecular weight excluding hydrogens is 384 g/mol. The fourth-order valence-electron chi connectivity index (χ4n) is 2.56. The second-order valence-corrected chi connectivity index (χ2v) is 6.60. The lowest BCUT2D eigenvalue weighted by Gasteiger charge is -2.09. The van der Waals surface area contributed by atoms with Gasteiger partial charge in [0.2, 0.25) is 0 Å². The van der Waals surface area contributed by atoms with Gasteiger partial charge in [-0.15, -0.1) is 13.2 Å². The maximum Gasteiger partial charge on any atom is 0.332 e. The number of carboxylic acids is 2. The molecule has 0 saturated heterocycles. The molecule has 0 unspecified atom stereocenters. The number of aliphatic carboxylic acids is 2. The summed E-state index contributed by atoms with van der Waals surface area (Å²) in [5.41, 5.74) is -0.276. The highest BCUT2D eigenvalue weighted by molar-refractivity contribution is 5.98. The van der Waals surface area contributed by atoms with Gasteiger partial charge in [-0.25, -0.2) is 9.59 Å². The van der Waals surface area contributed by atoms with Crippen LogP contribution in [0.2, 0.25) is 0 Å². The molecule has 0 rings (SSSR count). The molecule has 0 atom stereocenters. The third kappa shape index (κ3) is 15.5. The second-order valence-electron chi connectivity index (χ2n) is 6.60. The number of unbranched alkanes of at least 4 members (excludes halogenated alkanes) is 4. The molecule has 168 valence electrons. The van der Waals surface area contributed by atoms with Gasteiger partial charge in [0.1, 0.15) is 0 Å². The van der Waals surface area contributed by atoms with E-state index in [2.05, 4.69) is 13.2 Å². The molecule has 0 spiro atoms. The summed E-state index contributed by atoms with van der Waals surface area (Å²) in [6, 6.07) is 0. The zero-order valence-electron chi connectivity index (χ0n) is 17.9. The van der Waals surface area contributed by atoms with E-state index >= 15 is 0 Å². The first-order valence-electron chi connectivity index (χ1n) is 10.4. The highest BCUT2D eigenvalue weighted by Gasteiger charge is 2.19. The van der Waals surface area contributed by atoms with Crippen molar-refractivity contribution >= 4 is 11.9 Å². The maximum atomic E-state index is 11.5. The van der Waals surface area contributed by atoms with E-state index in [9.17, 15) is 19.8 Å². The predicted molar refractivity (Wildman–Crippen MR) is 120 cm³/mol. The highest BCUT2D eigenvalue weighted by atomic mass is 16.5. The largest absolute Gasteiger partial charge is 0.478 e. The molecule has 30 heavy (non-hydrogen) atoms. The third-order valence-corrected chi connectivity index (χ3v) is 4.19. The molecular formula is C24H36O6. The lowest BCUT2D eigenvalue weighted by molar-refractivity contribution is -0.136. The Morgan fingerprint density at radius 2 is 1.07 bits per heavy atom. The number of allylic oxidation sites excluding steroid dienone is 4. The summed E-state index contributed by atoms with van der Waals surface area (Å²) in [6.07, 6.45) is 17.4. The van der Waals surface area contributed by atoms with E-state index in [0.29, 0.717) is 13.2 Å². The van der Waals surface area contributed by atoms with Crippen molar-refractivity contribution in [3.8, 4) is 0 Å². The van der Waals surface area contributed by atoms with Gasteiger partial charge in [-0.3, -0.25) is 0 Å². The first kappa shape index (κ1) is 27.6. The Labute approximate surface area is 180 Å². The van der Waals surface area contributed by atoms with Crippen LogP contribution in [0.3, 0.4) is 0 Å². The first-order chi connectivity index (χ1) is 14.5. The summed E-state index contributed by atoms with van der Waals surface area (Å²) in [5.74, 6) is -2.48. The molecule has 0 fully saturated rings. The summed E-state index contributed by atoms with van der Waals surface area (Å²) >= 11 is 0. The van der Waals surface area contributed by atoms with Crippen LogP contribution in [-0.4, -0.2) is 48.6 Å². The Bertz CT molecular complexity index is 549. The fraction of sp³-hybridized carbons (Fsp3) is 0.500. The van der Waals surface area contributed by atoms with Gasteiger partial charge in [-0.05, 0) is 38.5 Å². The average Bonchev–Trinajstić information content (AvgIpc) is 2.71. The molecule has 0 bridgehead atoms. The summed E-state index contributed by atoms with van der Waals surface area (Å²) in [6.45, 7) is 8.35. The Hall–Kier alpha value is -2.44. The van der Waals surface area contributed by atoms with E-state index in [0.717, 1.165) is 38.5 Å². The third-order valence-electron chi connectivity index (χ3n) is 4.19. The van der Waals surface area contributed by atoms with Crippen LogP contribution in [0.25, 0.3) is 0 Å². The van der Waals surface area contributed by atoms with Crippen LogP contribution < -0.4 is 0 Å². The number of hydrogen-bond acceptors (Lipinski definition) is 4. The van der Waals surface area contributed by atoms with Gasteiger partial charge >= 0.3 is 11.9 Å². The van der Waals surface area contributed by atoms with Crippen LogP contribution in [0.5, 0.6) is 0 Å². The summed E-state index contributed by atoms with van der Waals surface area (Å²) in [4.78, 5) is 23.0. The molecule has 0 aliphatic heterocycles. The van der Waals surface area contributed by atoms with Crippen LogP contribution in [0, 0.1) is 0 Å². The molecule has 0 aliphatic rings. The van der Waals surface area contributed by atoms with Crippen molar-refractivity contribution in [2.24, 2.45) is 0 Å². The van der Waals surface area contributed by atoms with Gasteiger partial charge in [0.15, 0.2) is 0 Å². The van der Waals surface area contributed by atoms with Crippen molar-refractivity contribution in [2.75, 3.05) is 26.4 Å². The number of rotatable bonds is 20. The lowest BCUT2D eigenvalue weighted by atomic mass is 10.0. The zero-order valence-corrected chi connectivity index (χ0v) is 17.9. The van der Waals surface area contributed by atoms with E-state index in [1.54, 1.807) is 0 Å². The molecule has 2 N–H and O–H groups in total. The summed E-state index contributed by atoms with van der Waals surface area (Å²) in [5, 5.41) is 18.8. The highest BCUT2D eigenvalue weighted by Crippen LogP contribution is 2.14. The van der Waals surface area contributed by atoms with Crippen LogP contribution in [0.4, 0.5) is 0 Å². The molecule has 0 aromatic heterocycles. The van der Waals surface area contributed by atoms with Crippen LogP contribution >= 0.6 is 0 Å². The van der Waals surface area contributed by atoms with E-state index in [1.807, 2.05) is 36.5 Å². The molecule has 6 nitrogen and oxygen atoms in total. The molecule has 0 aromatic rings. The first-order valence-corrected chi connectivity index (χ1v) is 10.4.